The second-order valence-electron chi connectivity index (χ2n) is 12.5. The summed E-state index contributed by atoms with van der Waals surface area (Å²) >= 11 is 0. The summed E-state index contributed by atoms with van der Waals surface area (Å²) in [5, 5.41) is 4.51. The molecule has 2 heteroatoms. The number of pyridine rings is 1. The number of hydrogen-bond acceptors (Lipinski definition) is 2. The highest BCUT2D eigenvalue weighted by Gasteiger charge is 2.52. The van der Waals surface area contributed by atoms with Crippen LogP contribution in [0.2, 0.25) is 0 Å². The Morgan fingerprint density at radius 1 is 0.543 bits per heavy atom. The molecule has 0 unspecified atom stereocenters. The monoisotopic (exact) mass is 587 g/mol. The predicted molar refractivity (Wildman–Crippen MR) is 188 cm³/mol. The van der Waals surface area contributed by atoms with Crippen LogP contribution in [0.25, 0.3) is 49.4 Å². The van der Waals surface area contributed by atoms with Crippen LogP contribution in [0.15, 0.2) is 152 Å². The molecule has 0 aliphatic heterocycles. The second-order valence-corrected chi connectivity index (χ2v) is 12.5. The van der Waals surface area contributed by atoms with Crippen molar-refractivity contribution in [2.24, 2.45) is 0 Å². The van der Waals surface area contributed by atoms with E-state index in [1.807, 2.05) is 12.4 Å². The van der Waals surface area contributed by atoms with Crippen molar-refractivity contribution >= 4 is 27.1 Å². The van der Waals surface area contributed by atoms with Crippen LogP contribution in [0.4, 0.5) is 0 Å². The first kappa shape index (κ1) is 25.6. The number of aromatic nitrogens is 1. The molecule has 0 fully saturated rings. The zero-order valence-electron chi connectivity index (χ0n) is 25.2. The third-order valence-electron chi connectivity index (χ3n) is 10.3. The number of allylic oxidation sites excluding steroid dienone is 4. The van der Waals surface area contributed by atoms with E-state index in [-0.39, 0.29) is 0 Å². The van der Waals surface area contributed by atoms with Crippen LogP contribution in [-0.2, 0) is 5.41 Å². The Balaban J connectivity index is 1.26. The summed E-state index contributed by atoms with van der Waals surface area (Å²) in [4.78, 5) is 4.60. The zero-order valence-corrected chi connectivity index (χ0v) is 25.2. The number of rotatable bonds is 3. The van der Waals surface area contributed by atoms with Gasteiger partial charge in [0.2, 0.25) is 0 Å². The van der Waals surface area contributed by atoms with E-state index in [0.717, 1.165) is 40.5 Å². The first-order valence-electron chi connectivity index (χ1n) is 16.1. The van der Waals surface area contributed by atoms with Crippen molar-refractivity contribution < 1.29 is 4.74 Å². The molecule has 0 N–H and O–H groups in total. The molecule has 0 bridgehead atoms. The summed E-state index contributed by atoms with van der Waals surface area (Å²) in [7, 11) is 0. The largest absolute Gasteiger partial charge is 0.455 e. The third-order valence-corrected chi connectivity index (χ3v) is 10.3. The topological polar surface area (TPSA) is 22.1 Å². The van der Waals surface area contributed by atoms with E-state index < -0.39 is 5.41 Å². The van der Waals surface area contributed by atoms with E-state index in [1.165, 1.54) is 61.0 Å². The zero-order chi connectivity index (χ0) is 30.2. The summed E-state index contributed by atoms with van der Waals surface area (Å²) in [5.41, 5.74) is 12.5. The van der Waals surface area contributed by atoms with E-state index >= 15 is 0 Å². The number of fused-ring (bicyclic) bond motifs is 12. The van der Waals surface area contributed by atoms with Crippen LogP contribution in [-0.4, -0.2) is 4.98 Å². The van der Waals surface area contributed by atoms with E-state index in [9.17, 15) is 0 Å². The van der Waals surface area contributed by atoms with Crippen LogP contribution in [0, 0.1) is 0 Å². The maximum absolute atomic E-state index is 7.26. The van der Waals surface area contributed by atoms with Gasteiger partial charge in [-0.05, 0) is 80.4 Å². The molecule has 2 nitrogen and oxygen atoms in total. The van der Waals surface area contributed by atoms with Crippen molar-refractivity contribution in [2.45, 2.75) is 18.3 Å². The Morgan fingerprint density at radius 3 is 1.91 bits per heavy atom. The lowest BCUT2D eigenvalue weighted by atomic mass is 9.70. The molecule has 0 saturated heterocycles. The maximum atomic E-state index is 7.26. The van der Waals surface area contributed by atoms with Crippen molar-refractivity contribution in [3.8, 4) is 33.8 Å². The molecule has 7 aromatic rings. The van der Waals surface area contributed by atoms with E-state index in [0.29, 0.717) is 0 Å². The Labute approximate surface area is 268 Å². The van der Waals surface area contributed by atoms with Crippen molar-refractivity contribution in [2.75, 3.05) is 0 Å². The molecule has 46 heavy (non-hydrogen) atoms. The van der Waals surface area contributed by atoms with Gasteiger partial charge in [0.25, 0.3) is 0 Å². The van der Waals surface area contributed by atoms with E-state index in [4.69, 9.17) is 4.74 Å². The summed E-state index contributed by atoms with van der Waals surface area (Å²) in [6.07, 6.45) is 12.6. The van der Waals surface area contributed by atoms with Crippen LogP contribution >= 0.6 is 0 Å². The standard InChI is InChI=1S/C44H29NO/c1-2-13-28(14-3-1)41-31-17-4-5-18-32(31)43(33-25-26-45-27-35(33)41)46-40-24-12-23-39-42(40)34-19-8-11-22-38(34)44(39)36-20-9-6-15-29(36)30-16-7-10-21-37(30)44/h1-2,4-13,15-27H,3,14H2. The Kier molecular flexibility index (Phi) is 5.36. The first-order valence-corrected chi connectivity index (χ1v) is 16.1. The Morgan fingerprint density at radius 2 is 1.17 bits per heavy atom. The lowest BCUT2D eigenvalue weighted by molar-refractivity contribution is 0.495. The maximum Gasteiger partial charge on any atom is 0.143 e. The average Bonchev–Trinajstić information content (AvgIpc) is 3.60. The lowest BCUT2D eigenvalue weighted by Crippen LogP contribution is -2.25. The lowest BCUT2D eigenvalue weighted by Gasteiger charge is -2.30. The van der Waals surface area contributed by atoms with Crippen LogP contribution in [0.5, 0.6) is 11.5 Å². The molecule has 1 heterocycles. The van der Waals surface area contributed by atoms with Gasteiger partial charge in [-0.2, -0.15) is 0 Å². The smallest absolute Gasteiger partial charge is 0.143 e. The van der Waals surface area contributed by atoms with Gasteiger partial charge in [0.15, 0.2) is 0 Å². The van der Waals surface area contributed by atoms with Crippen LogP contribution in [0.3, 0.4) is 0 Å². The van der Waals surface area contributed by atoms with Gasteiger partial charge in [-0.1, -0.05) is 127 Å². The quantitative estimate of drug-likeness (QED) is 0.192. The Bertz CT molecular complexity index is 2360. The minimum atomic E-state index is -0.405. The Hall–Kier alpha value is -5.73. The predicted octanol–water partition coefficient (Wildman–Crippen LogP) is 11.3. The van der Waals surface area contributed by atoms with Gasteiger partial charge >= 0.3 is 0 Å². The second kappa shape index (κ2) is 9.63. The highest BCUT2D eigenvalue weighted by atomic mass is 16.5. The molecule has 216 valence electrons. The molecule has 0 atom stereocenters. The molecule has 3 aliphatic rings. The fourth-order valence-electron chi connectivity index (χ4n) is 8.55. The van der Waals surface area contributed by atoms with Gasteiger partial charge in [0, 0.05) is 34.1 Å². The van der Waals surface area contributed by atoms with E-state index in [1.54, 1.807) is 0 Å². The third kappa shape index (κ3) is 3.28. The van der Waals surface area contributed by atoms with Crippen molar-refractivity contribution in [3.05, 3.63) is 180 Å². The van der Waals surface area contributed by atoms with Gasteiger partial charge in [-0.25, -0.2) is 0 Å². The average molecular weight is 588 g/mol. The van der Waals surface area contributed by atoms with Crippen LogP contribution < -0.4 is 4.74 Å². The van der Waals surface area contributed by atoms with Gasteiger partial charge in [-0.15, -0.1) is 0 Å². The summed E-state index contributed by atoms with van der Waals surface area (Å²) in [5.74, 6) is 1.75. The van der Waals surface area contributed by atoms with Gasteiger partial charge < -0.3 is 4.74 Å². The molecule has 0 radical (unpaired) electrons. The molecule has 3 aliphatic carbocycles. The summed E-state index contributed by atoms with van der Waals surface area (Å²) < 4.78 is 7.26. The minimum Gasteiger partial charge on any atom is -0.455 e. The van der Waals surface area contributed by atoms with Gasteiger partial charge in [0.1, 0.15) is 11.5 Å². The fraction of sp³-hybridized carbons (Fsp3) is 0.0682. The highest BCUT2D eigenvalue weighted by Crippen LogP contribution is 2.64. The van der Waals surface area contributed by atoms with Gasteiger partial charge in [-0.3, -0.25) is 4.98 Å². The summed E-state index contributed by atoms with van der Waals surface area (Å²) in [6, 6.07) is 44.2. The molecule has 6 aromatic carbocycles. The molecule has 0 amide bonds. The molecule has 0 saturated carbocycles. The number of hydrogen-bond donors (Lipinski definition) is 0. The molecule has 1 aromatic heterocycles. The van der Waals surface area contributed by atoms with Crippen molar-refractivity contribution in [1.82, 2.24) is 4.98 Å². The fourth-order valence-corrected chi connectivity index (χ4v) is 8.55. The number of nitrogens with zero attached hydrogens (tertiary/aromatic N) is 1. The van der Waals surface area contributed by atoms with Crippen molar-refractivity contribution in [1.29, 1.82) is 0 Å². The number of benzene rings is 6. The molecule has 1 spiro atoms. The normalized spacial score (nSPS) is 15.0. The molecular formula is C44H29NO. The molecular weight excluding hydrogens is 558 g/mol. The van der Waals surface area contributed by atoms with Crippen molar-refractivity contribution in [3.63, 3.8) is 0 Å². The SMILES string of the molecule is C1=CCCC(c2c3ccccc3c(Oc3cccc4c3-c3ccccc3C43c4ccccc4-c4ccccc43)c3ccncc23)=C1. The van der Waals surface area contributed by atoms with E-state index in [2.05, 4.69) is 145 Å². The summed E-state index contributed by atoms with van der Waals surface area (Å²) in [6.45, 7) is 0. The number of ether oxygens (including phenoxy) is 1. The first-order chi connectivity index (χ1) is 22.9. The van der Waals surface area contributed by atoms with Gasteiger partial charge in [0.05, 0.1) is 5.41 Å². The van der Waals surface area contributed by atoms with Crippen LogP contribution in [0.1, 0.15) is 40.7 Å². The molecule has 10 rings (SSSR count). The highest BCUT2D eigenvalue weighted by molar-refractivity contribution is 6.14. The minimum absolute atomic E-state index is 0.405.